The molecule has 136 valence electrons. The monoisotopic (exact) mass is 378 g/mol. The second-order valence-corrected chi connectivity index (χ2v) is 6.72. The molecule has 0 aliphatic heterocycles. The predicted molar refractivity (Wildman–Crippen MR) is 109 cm³/mol. The highest BCUT2D eigenvalue weighted by Crippen LogP contribution is 2.22. The standard InChI is InChI=1S/C21H18N2O3S/c24-20(11-9-17-7-4-12-27-17)23-16-8-10-19(18(13-16)21(25)26)22-14-15-5-2-1-3-6-15/h1-13,22H,14H2,(H,23,24)(H,25,26)/b11-9+. The van der Waals surface area contributed by atoms with Crippen molar-refractivity contribution < 1.29 is 14.7 Å². The third-order valence-corrected chi connectivity index (χ3v) is 4.62. The first-order valence-electron chi connectivity index (χ1n) is 8.29. The Morgan fingerprint density at radius 2 is 1.85 bits per heavy atom. The molecule has 0 saturated heterocycles. The van der Waals surface area contributed by atoms with Crippen LogP contribution in [-0.2, 0) is 11.3 Å². The molecule has 3 N–H and O–H groups in total. The normalized spacial score (nSPS) is 10.7. The zero-order valence-electron chi connectivity index (χ0n) is 14.4. The van der Waals surface area contributed by atoms with Crippen molar-refractivity contribution in [1.82, 2.24) is 0 Å². The van der Waals surface area contributed by atoms with Crippen molar-refractivity contribution in [3.8, 4) is 0 Å². The molecule has 27 heavy (non-hydrogen) atoms. The molecule has 5 nitrogen and oxygen atoms in total. The number of aromatic carboxylic acids is 1. The second-order valence-electron chi connectivity index (χ2n) is 5.74. The Hall–Kier alpha value is -3.38. The number of anilines is 2. The number of hydrogen-bond acceptors (Lipinski definition) is 4. The number of carboxylic acids is 1. The maximum absolute atomic E-state index is 12.0. The molecule has 0 atom stereocenters. The first-order chi connectivity index (χ1) is 13.1. The molecule has 0 aliphatic carbocycles. The summed E-state index contributed by atoms with van der Waals surface area (Å²) in [5, 5.41) is 17.2. The van der Waals surface area contributed by atoms with E-state index >= 15 is 0 Å². The predicted octanol–water partition coefficient (Wildman–Crippen LogP) is 4.71. The number of hydrogen-bond donors (Lipinski definition) is 3. The molecular weight excluding hydrogens is 360 g/mol. The van der Waals surface area contributed by atoms with Crippen LogP contribution >= 0.6 is 11.3 Å². The Labute approximate surface area is 161 Å². The van der Waals surface area contributed by atoms with E-state index in [0.717, 1.165) is 10.4 Å². The van der Waals surface area contributed by atoms with Gasteiger partial charge in [-0.05, 0) is 41.3 Å². The Balaban J connectivity index is 1.69. The van der Waals surface area contributed by atoms with Gasteiger partial charge in [0, 0.05) is 28.9 Å². The fraction of sp³-hybridized carbons (Fsp3) is 0.0476. The van der Waals surface area contributed by atoms with Crippen LogP contribution in [0.3, 0.4) is 0 Å². The fourth-order valence-electron chi connectivity index (χ4n) is 2.47. The van der Waals surface area contributed by atoms with Gasteiger partial charge in [-0.1, -0.05) is 36.4 Å². The number of nitrogens with one attached hydrogen (secondary N) is 2. The van der Waals surface area contributed by atoms with Gasteiger partial charge in [-0.3, -0.25) is 4.79 Å². The van der Waals surface area contributed by atoms with Crippen LogP contribution < -0.4 is 10.6 Å². The zero-order chi connectivity index (χ0) is 19.1. The zero-order valence-corrected chi connectivity index (χ0v) is 15.2. The van der Waals surface area contributed by atoms with Gasteiger partial charge in [0.1, 0.15) is 0 Å². The molecule has 1 amide bonds. The summed E-state index contributed by atoms with van der Waals surface area (Å²) >= 11 is 1.53. The summed E-state index contributed by atoms with van der Waals surface area (Å²) in [7, 11) is 0. The van der Waals surface area contributed by atoms with E-state index < -0.39 is 5.97 Å². The number of carboxylic acid groups (broad SMARTS) is 1. The van der Waals surface area contributed by atoms with Crippen LogP contribution in [-0.4, -0.2) is 17.0 Å². The average Bonchev–Trinajstić information content (AvgIpc) is 3.20. The van der Waals surface area contributed by atoms with Crippen molar-refractivity contribution in [3.05, 3.63) is 88.1 Å². The molecule has 0 aliphatic rings. The van der Waals surface area contributed by atoms with Crippen LogP contribution in [0.1, 0.15) is 20.8 Å². The highest BCUT2D eigenvalue weighted by atomic mass is 32.1. The first kappa shape index (κ1) is 18.4. The van der Waals surface area contributed by atoms with Crippen LogP contribution in [0.15, 0.2) is 72.1 Å². The molecule has 6 heteroatoms. The quantitative estimate of drug-likeness (QED) is 0.520. The third kappa shape index (κ3) is 5.29. The summed E-state index contributed by atoms with van der Waals surface area (Å²) < 4.78 is 0. The van der Waals surface area contributed by atoms with Crippen LogP contribution in [0, 0.1) is 0 Å². The largest absolute Gasteiger partial charge is 0.478 e. The lowest BCUT2D eigenvalue weighted by atomic mass is 10.1. The van der Waals surface area contributed by atoms with Crippen molar-refractivity contribution >= 4 is 40.7 Å². The third-order valence-electron chi connectivity index (χ3n) is 3.79. The molecule has 1 heterocycles. The lowest BCUT2D eigenvalue weighted by Crippen LogP contribution is -2.11. The molecule has 3 aromatic rings. The van der Waals surface area contributed by atoms with Gasteiger partial charge in [-0.15, -0.1) is 11.3 Å². The topological polar surface area (TPSA) is 78.4 Å². The maximum Gasteiger partial charge on any atom is 0.337 e. The van der Waals surface area contributed by atoms with Crippen molar-refractivity contribution in [2.75, 3.05) is 10.6 Å². The minimum absolute atomic E-state index is 0.103. The molecule has 0 spiro atoms. The lowest BCUT2D eigenvalue weighted by molar-refractivity contribution is -0.111. The highest BCUT2D eigenvalue weighted by molar-refractivity contribution is 7.10. The Morgan fingerprint density at radius 1 is 1.04 bits per heavy atom. The molecule has 1 aromatic heterocycles. The van der Waals surface area contributed by atoms with Crippen LogP contribution in [0.25, 0.3) is 6.08 Å². The summed E-state index contributed by atoms with van der Waals surface area (Å²) in [5.41, 5.74) is 2.08. The Bertz CT molecular complexity index is 951. The SMILES string of the molecule is O=C(/C=C/c1cccs1)Nc1ccc(NCc2ccccc2)c(C(=O)O)c1. The van der Waals surface area contributed by atoms with Crippen LogP contribution in [0.2, 0.25) is 0 Å². The van der Waals surface area contributed by atoms with E-state index in [1.807, 2.05) is 47.8 Å². The van der Waals surface area contributed by atoms with Gasteiger partial charge < -0.3 is 15.7 Å². The lowest BCUT2D eigenvalue weighted by Gasteiger charge is -2.12. The van der Waals surface area contributed by atoms with E-state index in [9.17, 15) is 14.7 Å². The van der Waals surface area contributed by atoms with Crippen LogP contribution in [0.5, 0.6) is 0 Å². The van der Waals surface area contributed by atoms with Crippen molar-refractivity contribution in [2.45, 2.75) is 6.54 Å². The van der Waals surface area contributed by atoms with Gasteiger partial charge in [0.15, 0.2) is 0 Å². The van der Waals surface area contributed by atoms with Gasteiger partial charge in [0.05, 0.1) is 5.56 Å². The van der Waals surface area contributed by atoms with E-state index in [1.165, 1.54) is 23.5 Å². The first-order valence-corrected chi connectivity index (χ1v) is 9.17. The summed E-state index contributed by atoms with van der Waals surface area (Å²) in [6.45, 7) is 0.510. The summed E-state index contributed by atoms with van der Waals surface area (Å²) in [6, 6.07) is 18.3. The van der Waals surface area contributed by atoms with E-state index in [-0.39, 0.29) is 11.5 Å². The molecule has 3 rings (SSSR count). The summed E-state index contributed by atoms with van der Waals surface area (Å²) in [6.07, 6.45) is 3.14. The molecular formula is C21H18N2O3S. The average molecular weight is 378 g/mol. The molecule has 0 unspecified atom stereocenters. The van der Waals surface area contributed by atoms with Crippen LogP contribution in [0.4, 0.5) is 11.4 Å². The highest BCUT2D eigenvalue weighted by Gasteiger charge is 2.12. The van der Waals surface area contributed by atoms with E-state index in [1.54, 1.807) is 18.2 Å². The number of rotatable bonds is 7. The Kier molecular flexibility index (Phi) is 6.02. The molecule has 0 bridgehead atoms. The summed E-state index contributed by atoms with van der Waals surface area (Å²) in [5.74, 6) is -1.37. The smallest absolute Gasteiger partial charge is 0.337 e. The van der Waals surface area contributed by atoms with Gasteiger partial charge in [0.25, 0.3) is 0 Å². The van der Waals surface area contributed by atoms with E-state index in [0.29, 0.717) is 17.9 Å². The van der Waals surface area contributed by atoms with Crippen molar-refractivity contribution in [2.24, 2.45) is 0 Å². The van der Waals surface area contributed by atoms with Gasteiger partial charge >= 0.3 is 5.97 Å². The number of amides is 1. The van der Waals surface area contributed by atoms with Gasteiger partial charge in [0.2, 0.25) is 5.91 Å². The van der Waals surface area contributed by atoms with E-state index in [4.69, 9.17) is 0 Å². The second kappa shape index (κ2) is 8.82. The van der Waals surface area contributed by atoms with Gasteiger partial charge in [-0.25, -0.2) is 4.79 Å². The van der Waals surface area contributed by atoms with Gasteiger partial charge in [-0.2, -0.15) is 0 Å². The molecule has 0 radical (unpaired) electrons. The molecule has 0 fully saturated rings. The fourth-order valence-corrected chi connectivity index (χ4v) is 3.09. The number of thiophene rings is 1. The minimum atomic E-state index is -1.06. The van der Waals surface area contributed by atoms with E-state index in [2.05, 4.69) is 10.6 Å². The Morgan fingerprint density at radius 3 is 2.56 bits per heavy atom. The number of benzene rings is 2. The minimum Gasteiger partial charge on any atom is -0.478 e. The van der Waals surface area contributed by atoms with Crippen molar-refractivity contribution in [3.63, 3.8) is 0 Å². The summed E-state index contributed by atoms with van der Waals surface area (Å²) in [4.78, 5) is 24.6. The van der Waals surface area contributed by atoms with Crippen molar-refractivity contribution in [1.29, 1.82) is 0 Å². The number of carbonyl (C=O) groups is 2. The number of carbonyl (C=O) groups excluding carboxylic acids is 1. The molecule has 2 aromatic carbocycles. The maximum atomic E-state index is 12.0. The molecule has 0 saturated carbocycles.